The van der Waals surface area contributed by atoms with E-state index in [0.717, 1.165) is 32.8 Å². The summed E-state index contributed by atoms with van der Waals surface area (Å²) in [6.45, 7) is 4.71. The van der Waals surface area contributed by atoms with Crippen LogP contribution in [0.5, 0.6) is 0 Å². The molecule has 2 N–H and O–H groups in total. The number of anilines is 1. The van der Waals surface area contributed by atoms with Crippen molar-refractivity contribution in [2.45, 2.75) is 0 Å². The van der Waals surface area contributed by atoms with Gasteiger partial charge < -0.3 is 20.3 Å². The van der Waals surface area contributed by atoms with Crippen LogP contribution in [0.3, 0.4) is 0 Å². The second kappa shape index (κ2) is 6.99. The van der Waals surface area contributed by atoms with Crippen LogP contribution in [0.15, 0.2) is 35.3 Å². The third-order valence-electron chi connectivity index (χ3n) is 3.24. The fourth-order valence-corrected chi connectivity index (χ4v) is 2.02. The number of morpholine rings is 1. The highest BCUT2D eigenvalue weighted by atomic mass is 16.5. The van der Waals surface area contributed by atoms with Crippen molar-refractivity contribution in [2.75, 3.05) is 51.3 Å². The monoisotopic (exact) mass is 262 g/mol. The van der Waals surface area contributed by atoms with E-state index >= 15 is 0 Å². The van der Waals surface area contributed by atoms with Crippen LogP contribution in [0.25, 0.3) is 0 Å². The normalized spacial score (nSPS) is 16.5. The van der Waals surface area contributed by atoms with Gasteiger partial charge in [-0.25, -0.2) is 0 Å². The molecule has 1 aliphatic rings. The number of ether oxygens (including phenoxy) is 1. The van der Waals surface area contributed by atoms with Crippen molar-refractivity contribution in [1.82, 2.24) is 4.90 Å². The highest BCUT2D eigenvalue weighted by molar-refractivity contribution is 5.78. The highest BCUT2D eigenvalue weighted by Crippen LogP contribution is 2.10. The van der Waals surface area contributed by atoms with Gasteiger partial charge in [-0.05, 0) is 12.1 Å². The third kappa shape index (κ3) is 4.13. The topological polar surface area (TPSA) is 54.1 Å². The van der Waals surface area contributed by atoms with E-state index in [1.54, 1.807) is 0 Å². The largest absolute Gasteiger partial charge is 0.378 e. The molecular formula is C14H22N4O. The van der Waals surface area contributed by atoms with Crippen LogP contribution in [0, 0.1) is 0 Å². The van der Waals surface area contributed by atoms with Gasteiger partial charge in [0.1, 0.15) is 0 Å². The molecule has 0 spiro atoms. The fourth-order valence-electron chi connectivity index (χ4n) is 2.02. The smallest absolute Gasteiger partial charge is 0.191 e. The summed E-state index contributed by atoms with van der Waals surface area (Å²) in [7, 11) is 2.07. The van der Waals surface area contributed by atoms with Crippen LogP contribution in [0.4, 0.5) is 5.69 Å². The minimum Gasteiger partial charge on any atom is -0.378 e. The van der Waals surface area contributed by atoms with Gasteiger partial charge in [-0.3, -0.25) is 4.99 Å². The lowest BCUT2D eigenvalue weighted by Crippen LogP contribution is -2.45. The second-order valence-corrected chi connectivity index (χ2v) is 4.60. The Morgan fingerprint density at radius 2 is 2.00 bits per heavy atom. The molecule has 2 rings (SSSR count). The molecular weight excluding hydrogens is 240 g/mol. The van der Waals surface area contributed by atoms with Crippen LogP contribution in [-0.4, -0.2) is 57.3 Å². The lowest BCUT2D eigenvalue weighted by atomic mass is 10.3. The van der Waals surface area contributed by atoms with E-state index < -0.39 is 0 Å². The van der Waals surface area contributed by atoms with E-state index in [0.29, 0.717) is 12.5 Å². The summed E-state index contributed by atoms with van der Waals surface area (Å²) in [6.07, 6.45) is 0. The SMILES string of the molecule is CN(CCN=C(N)N1CCOCC1)c1ccccc1. The van der Waals surface area contributed by atoms with Crippen LogP contribution in [0.2, 0.25) is 0 Å². The molecule has 1 heterocycles. The summed E-state index contributed by atoms with van der Waals surface area (Å²) >= 11 is 0. The zero-order valence-corrected chi connectivity index (χ0v) is 11.5. The number of para-hydroxylation sites is 1. The average molecular weight is 262 g/mol. The molecule has 0 amide bonds. The Bertz CT molecular complexity index is 401. The Hall–Kier alpha value is -1.75. The van der Waals surface area contributed by atoms with Gasteiger partial charge in [0.25, 0.3) is 0 Å². The predicted octanol–water partition coefficient (Wildman–Crippen LogP) is 0.770. The van der Waals surface area contributed by atoms with Crippen molar-refractivity contribution in [3.63, 3.8) is 0 Å². The maximum Gasteiger partial charge on any atom is 0.191 e. The van der Waals surface area contributed by atoms with Gasteiger partial charge >= 0.3 is 0 Å². The summed E-state index contributed by atoms with van der Waals surface area (Å²) in [5, 5.41) is 0. The first kappa shape index (κ1) is 13.7. The molecule has 1 aromatic carbocycles. The molecule has 0 atom stereocenters. The van der Waals surface area contributed by atoms with E-state index in [-0.39, 0.29) is 0 Å². The Morgan fingerprint density at radius 1 is 1.32 bits per heavy atom. The number of hydrogen-bond donors (Lipinski definition) is 1. The minimum absolute atomic E-state index is 0.629. The summed E-state index contributed by atoms with van der Waals surface area (Å²) in [4.78, 5) is 8.69. The maximum absolute atomic E-state index is 5.98. The molecule has 0 unspecified atom stereocenters. The van der Waals surface area contributed by atoms with E-state index in [1.807, 2.05) is 18.2 Å². The number of guanidine groups is 1. The predicted molar refractivity (Wildman–Crippen MR) is 78.6 cm³/mol. The van der Waals surface area contributed by atoms with Gasteiger partial charge in [-0.2, -0.15) is 0 Å². The molecule has 104 valence electrons. The molecule has 0 bridgehead atoms. The molecule has 5 nitrogen and oxygen atoms in total. The van der Waals surface area contributed by atoms with E-state index in [4.69, 9.17) is 10.5 Å². The van der Waals surface area contributed by atoms with Gasteiger partial charge in [0.2, 0.25) is 0 Å². The van der Waals surface area contributed by atoms with Crippen LogP contribution in [-0.2, 0) is 4.74 Å². The first-order valence-electron chi connectivity index (χ1n) is 6.66. The van der Waals surface area contributed by atoms with Crippen molar-refractivity contribution in [2.24, 2.45) is 10.7 Å². The quantitative estimate of drug-likeness (QED) is 0.643. The van der Waals surface area contributed by atoms with Crippen molar-refractivity contribution in [3.8, 4) is 0 Å². The molecule has 5 heteroatoms. The zero-order chi connectivity index (χ0) is 13.5. The lowest BCUT2D eigenvalue weighted by Gasteiger charge is -2.27. The molecule has 0 aliphatic carbocycles. The highest BCUT2D eigenvalue weighted by Gasteiger charge is 2.11. The van der Waals surface area contributed by atoms with Gasteiger partial charge in [0, 0.05) is 32.4 Å². The Morgan fingerprint density at radius 3 is 2.68 bits per heavy atom. The molecule has 1 aromatic rings. The molecule has 1 fully saturated rings. The maximum atomic E-state index is 5.98. The van der Waals surface area contributed by atoms with Crippen molar-refractivity contribution in [3.05, 3.63) is 30.3 Å². The first-order valence-corrected chi connectivity index (χ1v) is 6.66. The van der Waals surface area contributed by atoms with Gasteiger partial charge in [0.15, 0.2) is 5.96 Å². The number of likely N-dealkylation sites (N-methyl/N-ethyl adjacent to an activating group) is 1. The average Bonchev–Trinajstić information content (AvgIpc) is 2.49. The second-order valence-electron chi connectivity index (χ2n) is 4.60. The number of rotatable bonds is 4. The molecule has 0 aromatic heterocycles. The molecule has 19 heavy (non-hydrogen) atoms. The first-order chi connectivity index (χ1) is 9.27. The Balaban J connectivity index is 1.78. The molecule has 0 radical (unpaired) electrons. The fraction of sp³-hybridized carbons (Fsp3) is 0.500. The number of benzene rings is 1. The summed E-state index contributed by atoms with van der Waals surface area (Å²) in [6, 6.07) is 10.3. The number of nitrogens with zero attached hydrogens (tertiary/aromatic N) is 3. The third-order valence-corrected chi connectivity index (χ3v) is 3.24. The van der Waals surface area contributed by atoms with Crippen molar-refractivity contribution >= 4 is 11.6 Å². The summed E-state index contributed by atoms with van der Waals surface area (Å²) in [5.74, 6) is 0.629. The number of aliphatic imine (C=N–C) groups is 1. The van der Waals surface area contributed by atoms with Crippen LogP contribution >= 0.6 is 0 Å². The Labute approximate surface area is 114 Å². The van der Waals surface area contributed by atoms with Crippen LogP contribution < -0.4 is 10.6 Å². The van der Waals surface area contributed by atoms with Gasteiger partial charge in [0.05, 0.1) is 19.8 Å². The Kier molecular flexibility index (Phi) is 5.03. The standard InChI is InChI=1S/C14H22N4O/c1-17(13-5-3-2-4-6-13)8-7-16-14(15)18-9-11-19-12-10-18/h2-6H,7-12H2,1H3,(H2,15,16). The van der Waals surface area contributed by atoms with E-state index in [1.165, 1.54) is 5.69 Å². The summed E-state index contributed by atoms with van der Waals surface area (Å²) in [5.41, 5.74) is 7.17. The van der Waals surface area contributed by atoms with Crippen molar-refractivity contribution < 1.29 is 4.74 Å². The minimum atomic E-state index is 0.629. The molecule has 0 saturated carbocycles. The number of hydrogen-bond acceptors (Lipinski definition) is 3. The number of nitrogens with two attached hydrogens (primary N) is 1. The molecule has 1 aliphatic heterocycles. The lowest BCUT2D eigenvalue weighted by molar-refractivity contribution is 0.0674. The summed E-state index contributed by atoms with van der Waals surface area (Å²) < 4.78 is 5.29. The van der Waals surface area contributed by atoms with Gasteiger partial charge in [-0.15, -0.1) is 0 Å². The van der Waals surface area contributed by atoms with E-state index in [9.17, 15) is 0 Å². The van der Waals surface area contributed by atoms with Crippen molar-refractivity contribution in [1.29, 1.82) is 0 Å². The van der Waals surface area contributed by atoms with Gasteiger partial charge in [-0.1, -0.05) is 18.2 Å². The van der Waals surface area contributed by atoms with Crippen LogP contribution in [0.1, 0.15) is 0 Å². The van der Waals surface area contributed by atoms with E-state index in [2.05, 4.69) is 34.0 Å². The molecule has 1 saturated heterocycles. The zero-order valence-electron chi connectivity index (χ0n) is 11.5.